The van der Waals surface area contributed by atoms with Crippen LogP contribution in [0.3, 0.4) is 0 Å². The smallest absolute Gasteiger partial charge is 0.494 e. The molecular formula is C66H84BBrN12O9. The number of benzene rings is 4. The van der Waals surface area contributed by atoms with Gasteiger partial charge in [0.15, 0.2) is 0 Å². The highest BCUT2D eigenvalue weighted by atomic mass is 79.9. The van der Waals surface area contributed by atoms with Crippen molar-refractivity contribution in [3.63, 3.8) is 0 Å². The van der Waals surface area contributed by atoms with Gasteiger partial charge in [-0.2, -0.15) is 0 Å². The molecule has 1 aliphatic rings. The predicted molar refractivity (Wildman–Crippen MR) is 353 cm³/mol. The Balaban J connectivity index is 0.000000177. The molecule has 23 heteroatoms. The third-order valence-corrected chi connectivity index (χ3v) is 14.9. The lowest BCUT2D eigenvalue weighted by Crippen LogP contribution is -2.41. The number of fused-ring (bicyclic) bond motifs is 2. The van der Waals surface area contributed by atoms with E-state index in [0.29, 0.717) is 43.4 Å². The van der Waals surface area contributed by atoms with Gasteiger partial charge in [-0.1, -0.05) is 64.0 Å². The fraction of sp³-hybridized carbons (Fsp3) is 0.394. The van der Waals surface area contributed by atoms with Gasteiger partial charge in [-0.3, -0.25) is 9.97 Å². The van der Waals surface area contributed by atoms with Crippen molar-refractivity contribution in [1.82, 2.24) is 49.5 Å². The molecule has 11 rings (SSSR count). The largest absolute Gasteiger partial charge is 0.497 e. The number of anilines is 2. The highest BCUT2D eigenvalue weighted by Crippen LogP contribution is 2.38. The Labute approximate surface area is 530 Å². The van der Waals surface area contributed by atoms with E-state index in [0.717, 1.165) is 105 Å². The second-order valence-electron chi connectivity index (χ2n) is 21.6. The van der Waals surface area contributed by atoms with Crippen LogP contribution in [0.15, 0.2) is 148 Å². The number of aromatic nitrogens is 10. The normalized spacial score (nSPS) is 13.1. The predicted octanol–water partition coefficient (Wildman–Crippen LogP) is 13.1. The van der Waals surface area contributed by atoms with E-state index in [1.54, 1.807) is 59.6 Å². The Morgan fingerprint density at radius 1 is 0.618 bits per heavy atom. The van der Waals surface area contributed by atoms with E-state index in [2.05, 4.69) is 153 Å². The number of aliphatic hydroxyl groups excluding tert-OH is 1. The molecule has 0 unspecified atom stereocenters. The third-order valence-electron chi connectivity index (χ3n) is 14.4. The number of methoxy groups -OCH3 is 1. The summed E-state index contributed by atoms with van der Waals surface area (Å²) in [6.07, 6.45) is 16.7. The molecule has 3 N–H and O–H groups in total. The van der Waals surface area contributed by atoms with Crippen LogP contribution in [0.25, 0.3) is 55.8 Å². The molecule has 0 radical (unpaired) electrons. The van der Waals surface area contributed by atoms with Gasteiger partial charge in [0.1, 0.15) is 5.75 Å². The molecule has 0 bridgehead atoms. The zero-order valence-electron chi connectivity index (χ0n) is 53.4. The van der Waals surface area contributed by atoms with Crippen molar-refractivity contribution in [3.8, 4) is 39.8 Å². The van der Waals surface area contributed by atoms with Crippen LogP contribution in [0, 0.1) is 20.8 Å². The second kappa shape index (κ2) is 33.1. The Hall–Kier alpha value is -7.90. The average molecular weight is 1280 g/mol. The number of hydrogen-bond acceptors (Lipinski definition) is 19. The summed E-state index contributed by atoms with van der Waals surface area (Å²) in [7, 11) is 1.36. The third kappa shape index (κ3) is 19.3. The van der Waals surface area contributed by atoms with Crippen molar-refractivity contribution in [1.29, 1.82) is 0 Å². The van der Waals surface area contributed by atoms with Gasteiger partial charge in [0, 0.05) is 126 Å². The van der Waals surface area contributed by atoms with E-state index in [9.17, 15) is 0 Å². The van der Waals surface area contributed by atoms with E-state index in [4.69, 9.17) is 42.2 Å². The van der Waals surface area contributed by atoms with Crippen molar-refractivity contribution < 1.29 is 42.2 Å². The maximum Gasteiger partial charge on any atom is 0.494 e. The van der Waals surface area contributed by atoms with Crippen molar-refractivity contribution in [2.75, 3.05) is 57.3 Å². The number of nitrogens with zero attached hydrogens (tertiary/aromatic N) is 10. The van der Waals surface area contributed by atoms with Gasteiger partial charge in [-0.05, 0) is 134 Å². The molecule has 21 nitrogen and oxygen atoms in total. The standard InChI is InChI=1S/C25H24N6O.C18H17BrN6O.C13H19BO3.C8H18O3.C2H6O/c1-17-4-6-19(7-5-17)20-8-9-23-21(14-20)24(27-10-3-12-31-13-11-26-16-31)22(15-28-23)25-30-29-18(2)32-25;1-12-23-24-18(26-12)15-10-22-16-4-3-13(19)9-14(16)17(15)21-5-2-7-25-8-6-20-11-25;1-12(2)13(3,4)17-14(16-12)10-6-8-11(15-5)9-7-10;1-5-9-8(4,10-6-2)11-7-3;1-2-3/h4-9,11,13-16H,3,10,12H2,1-2H3,(H,27,28);3-4,6,8-11H,2,5,7H2,1H3,(H,21,22);6-9H,1-5H3;5-7H2,1-4H3;3H,2H2,1H3. The van der Waals surface area contributed by atoms with Crippen LogP contribution in [0.2, 0.25) is 0 Å². The van der Waals surface area contributed by atoms with Crippen molar-refractivity contribution in [3.05, 3.63) is 157 Å². The second-order valence-corrected chi connectivity index (χ2v) is 22.5. The fourth-order valence-corrected chi connectivity index (χ4v) is 9.60. The number of ether oxygens (including phenoxy) is 4. The summed E-state index contributed by atoms with van der Waals surface area (Å²) >= 11 is 3.54. The number of imidazole rings is 2. The maximum absolute atomic E-state index is 7.57. The summed E-state index contributed by atoms with van der Waals surface area (Å²) in [6.45, 7) is 28.5. The molecular weight excluding hydrogens is 1200 g/mol. The van der Waals surface area contributed by atoms with E-state index in [1.807, 2.05) is 88.3 Å². The zero-order valence-corrected chi connectivity index (χ0v) is 55.0. The number of hydrogen-bond donors (Lipinski definition) is 3. The summed E-state index contributed by atoms with van der Waals surface area (Å²) in [4.78, 5) is 17.4. The van der Waals surface area contributed by atoms with Gasteiger partial charge >= 0.3 is 7.12 Å². The number of halogens is 1. The summed E-state index contributed by atoms with van der Waals surface area (Å²) < 4.78 is 49.3. The average Bonchev–Trinajstić information content (AvgIpc) is 1.89. The molecule has 10 aromatic rings. The quantitative estimate of drug-likeness (QED) is 0.0344. The first-order chi connectivity index (χ1) is 42.8. The number of nitrogens with one attached hydrogen (secondary N) is 2. The number of pyridine rings is 2. The summed E-state index contributed by atoms with van der Waals surface area (Å²) in [5.41, 5.74) is 9.32. The summed E-state index contributed by atoms with van der Waals surface area (Å²) in [5.74, 6) is 1.98. The molecule has 0 aliphatic carbocycles. The van der Waals surface area contributed by atoms with Crippen LogP contribution in [-0.2, 0) is 36.6 Å². The molecule has 1 saturated heterocycles. The number of rotatable bonds is 21. The topological polar surface area (TPSA) is 239 Å². The molecule has 0 amide bonds. The zero-order chi connectivity index (χ0) is 64.0. The van der Waals surface area contributed by atoms with Crippen molar-refractivity contribution in [2.24, 2.45) is 0 Å². The monoisotopic (exact) mass is 1280 g/mol. The van der Waals surface area contributed by atoms with E-state index in [-0.39, 0.29) is 24.9 Å². The van der Waals surface area contributed by atoms with Crippen molar-refractivity contribution in [2.45, 2.75) is 126 Å². The minimum absolute atomic E-state index is 0.250. The fourth-order valence-electron chi connectivity index (χ4n) is 9.24. The Kier molecular flexibility index (Phi) is 25.5. The van der Waals surface area contributed by atoms with Gasteiger partial charge in [-0.15, -0.1) is 20.4 Å². The van der Waals surface area contributed by atoms with Gasteiger partial charge in [0.2, 0.25) is 11.8 Å². The molecule has 1 aliphatic heterocycles. The molecule has 7 heterocycles. The first-order valence-corrected chi connectivity index (χ1v) is 30.7. The van der Waals surface area contributed by atoms with Crippen LogP contribution in [-0.4, -0.2) is 125 Å². The molecule has 0 saturated carbocycles. The molecule has 6 aromatic heterocycles. The lowest BCUT2D eigenvalue weighted by molar-refractivity contribution is -0.365. The molecule has 0 spiro atoms. The van der Waals surface area contributed by atoms with E-state index < -0.39 is 5.97 Å². The van der Waals surface area contributed by atoms with Crippen LogP contribution >= 0.6 is 15.9 Å². The van der Waals surface area contributed by atoms with Crippen LogP contribution < -0.4 is 20.8 Å². The van der Waals surface area contributed by atoms with Gasteiger partial charge < -0.3 is 62.0 Å². The molecule has 4 aromatic carbocycles. The maximum atomic E-state index is 7.57. The first-order valence-electron chi connectivity index (χ1n) is 29.9. The van der Waals surface area contributed by atoms with Crippen LogP contribution in [0.4, 0.5) is 11.4 Å². The Morgan fingerprint density at radius 2 is 1.08 bits per heavy atom. The minimum atomic E-state index is -0.849. The van der Waals surface area contributed by atoms with Crippen LogP contribution in [0.5, 0.6) is 5.75 Å². The minimum Gasteiger partial charge on any atom is -0.497 e. The van der Waals surface area contributed by atoms with E-state index >= 15 is 0 Å². The lowest BCUT2D eigenvalue weighted by Gasteiger charge is -2.32. The molecule has 0 atom stereocenters. The molecule has 472 valence electrons. The highest BCUT2D eigenvalue weighted by Gasteiger charge is 2.51. The number of aliphatic hydroxyl groups is 1. The van der Waals surface area contributed by atoms with Gasteiger partial charge in [0.25, 0.3) is 17.8 Å². The van der Waals surface area contributed by atoms with E-state index in [1.165, 1.54) is 11.1 Å². The lowest BCUT2D eigenvalue weighted by atomic mass is 9.79. The summed E-state index contributed by atoms with van der Waals surface area (Å²) in [6, 6.07) is 28.7. The van der Waals surface area contributed by atoms with Gasteiger partial charge in [-0.25, -0.2) is 9.97 Å². The van der Waals surface area contributed by atoms with Gasteiger partial charge in [0.05, 0.1) is 64.5 Å². The Morgan fingerprint density at radius 3 is 1.51 bits per heavy atom. The highest BCUT2D eigenvalue weighted by molar-refractivity contribution is 9.10. The summed E-state index contributed by atoms with van der Waals surface area (Å²) in [5, 5.41) is 33.1. The van der Waals surface area contributed by atoms with Crippen LogP contribution in [0.1, 0.15) is 92.5 Å². The number of aryl methyl sites for hydroxylation is 5. The van der Waals surface area contributed by atoms with Crippen molar-refractivity contribution >= 4 is 61.7 Å². The molecule has 89 heavy (non-hydrogen) atoms. The SMILES string of the molecule is CCO.CCOC(C)(OCC)OCC.COc1ccc(B2OC(C)(C)C(C)(C)O2)cc1.Cc1ccc(-c2ccc3ncc(-c4nnc(C)o4)c(NCCCn4ccnc4)c3c2)cc1.Cc1nnc(-c2cnc3ccc(Br)cc3c2NCCCn2ccnc2)o1. The molecule has 1 fully saturated rings. The first kappa shape index (κ1) is 68.6. The Bertz CT molecular complexity index is 3680.